The quantitative estimate of drug-likeness (QED) is 0.0198. The van der Waals surface area contributed by atoms with E-state index in [1.165, 1.54) is 0 Å². The topological polar surface area (TPSA) is 178 Å². The van der Waals surface area contributed by atoms with Crippen LogP contribution in [0.5, 0.6) is 0 Å². The Morgan fingerprint density at radius 3 is 1.44 bits per heavy atom. The molecule has 1 fully saturated rings. The first kappa shape index (κ1) is 60.5. The molecular formula is C53H84O12S. The van der Waals surface area contributed by atoms with Crippen LogP contribution in [0.25, 0.3) is 0 Å². The fraction of sp³-hybridized carbons (Fsp3) is 0.604. The van der Waals surface area contributed by atoms with Crippen LogP contribution in [0.2, 0.25) is 0 Å². The first-order valence-electron chi connectivity index (χ1n) is 24.3. The Balaban J connectivity index is 2.40. The van der Waals surface area contributed by atoms with Gasteiger partial charge < -0.3 is 34.3 Å². The molecule has 0 bridgehead atoms. The lowest BCUT2D eigenvalue weighted by molar-refractivity contribution is -0.301. The van der Waals surface area contributed by atoms with Gasteiger partial charge in [0.15, 0.2) is 6.29 Å². The van der Waals surface area contributed by atoms with Crippen LogP contribution in [0.15, 0.2) is 122 Å². The number of aliphatic hydroxyl groups is 3. The summed E-state index contributed by atoms with van der Waals surface area (Å²) in [5.41, 5.74) is 0. The van der Waals surface area contributed by atoms with E-state index in [0.29, 0.717) is 13.0 Å². The van der Waals surface area contributed by atoms with Crippen LogP contribution >= 0.6 is 0 Å². The van der Waals surface area contributed by atoms with Crippen LogP contribution in [0.4, 0.5) is 0 Å². The zero-order valence-corrected chi connectivity index (χ0v) is 40.8. The minimum Gasteiger partial charge on any atom is -0.457 e. The summed E-state index contributed by atoms with van der Waals surface area (Å²) in [6.45, 7) is 3.62. The van der Waals surface area contributed by atoms with Gasteiger partial charge >= 0.3 is 16.4 Å². The molecule has 0 aromatic heterocycles. The van der Waals surface area contributed by atoms with Crippen molar-refractivity contribution in [1.29, 1.82) is 0 Å². The molecular weight excluding hydrogens is 861 g/mol. The molecule has 1 aliphatic rings. The number of carbonyl (C=O) groups excluding carboxylic acids is 1. The van der Waals surface area contributed by atoms with Crippen molar-refractivity contribution in [1.82, 2.24) is 0 Å². The Morgan fingerprint density at radius 2 is 1.00 bits per heavy atom. The maximum atomic E-state index is 12.8. The van der Waals surface area contributed by atoms with Crippen molar-refractivity contribution >= 4 is 16.4 Å². The number of hydrogen-bond donors (Lipinski definition) is 4. The Labute approximate surface area is 398 Å². The van der Waals surface area contributed by atoms with Gasteiger partial charge in [0, 0.05) is 13.0 Å². The van der Waals surface area contributed by atoms with Crippen LogP contribution in [0.1, 0.15) is 142 Å². The number of esters is 1. The molecule has 1 saturated heterocycles. The molecule has 0 aliphatic carbocycles. The van der Waals surface area contributed by atoms with Gasteiger partial charge in [0.05, 0.1) is 19.8 Å². The molecule has 12 nitrogen and oxygen atoms in total. The molecule has 374 valence electrons. The molecule has 0 saturated carbocycles. The van der Waals surface area contributed by atoms with E-state index in [1.54, 1.807) is 0 Å². The van der Waals surface area contributed by atoms with E-state index in [-0.39, 0.29) is 19.6 Å². The van der Waals surface area contributed by atoms with Crippen molar-refractivity contribution in [2.75, 3.05) is 26.4 Å². The number of allylic oxidation sites excluding steroid dienone is 20. The average Bonchev–Trinajstić information content (AvgIpc) is 3.29. The van der Waals surface area contributed by atoms with Crippen LogP contribution in [0.3, 0.4) is 0 Å². The highest BCUT2D eigenvalue weighted by molar-refractivity contribution is 7.80. The van der Waals surface area contributed by atoms with Crippen LogP contribution in [-0.4, -0.2) is 97.5 Å². The molecule has 0 aromatic rings. The molecule has 13 heteroatoms. The van der Waals surface area contributed by atoms with E-state index >= 15 is 0 Å². The molecule has 1 heterocycles. The van der Waals surface area contributed by atoms with Gasteiger partial charge in [0.25, 0.3) is 0 Å². The minimum atomic E-state index is -5.08. The third-order valence-electron chi connectivity index (χ3n) is 10.1. The van der Waals surface area contributed by atoms with Crippen LogP contribution < -0.4 is 0 Å². The number of rotatable bonds is 40. The normalized spacial score (nSPS) is 20.6. The van der Waals surface area contributed by atoms with E-state index in [4.69, 9.17) is 18.9 Å². The highest BCUT2D eigenvalue weighted by atomic mass is 32.3. The summed E-state index contributed by atoms with van der Waals surface area (Å²) in [6, 6.07) is 0. The lowest BCUT2D eigenvalue weighted by Crippen LogP contribution is -2.60. The van der Waals surface area contributed by atoms with Crippen molar-refractivity contribution in [2.24, 2.45) is 0 Å². The van der Waals surface area contributed by atoms with E-state index in [1.807, 2.05) is 0 Å². The molecule has 66 heavy (non-hydrogen) atoms. The molecule has 0 radical (unpaired) electrons. The molecule has 4 N–H and O–H groups in total. The first-order valence-corrected chi connectivity index (χ1v) is 25.7. The first-order chi connectivity index (χ1) is 32.1. The standard InChI is InChI=1S/C53H84O12S/c1-3-5-7-9-11-13-15-17-18-19-20-21-22-23-24-25-26-27-28-29-31-33-35-37-39-41-43-61-45-47(46-62-53-51(57)52(65-66(58,59)60)50(56)48(44-54)64-53)63-49(55)42-40-38-36-34-32-30-16-14-12-10-8-6-4-2/h5-8,11-14,17-18,20-21,23-24,26-27,29-32,47-48,50-54,56-57H,3-4,9-10,15-16,19,22,25,28,33-46H2,1-2H3,(H,58,59,60)/b7-5-,8-6-,13-11-,14-12-,18-17-,21-20-,24-23-,27-26-,31-29-,32-30-. The number of carbonyl (C=O) groups is 1. The summed E-state index contributed by atoms with van der Waals surface area (Å²) >= 11 is 0. The molecule has 1 rings (SSSR count). The third kappa shape index (κ3) is 35.7. The van der Waals surface area contributed by atoms with Gasteiger partial charge in [-0.15, -0.1) is 0 Å². The smallest absolute Gasteiger partial charge is 0.397 e. The second-order valence-electron chi connectivity index (χ2n) is 15.9. The summed E-state index contributed by atoms with van der Waals surface area (Å²) < 4.78 is 59.0. The number of unbranched alkanes of at least 4 members (excludes halogenated alkanes) is 7. The highest BCUT2D eigenvalue weighted by Crippen LogP contribution is 2.26. The largest absolute Gasteiger partial charge is 0.457 e. The maximum absolute atomic E-state index is 12.8. The fourth-order valence-corrected chi connectivity index (χ4v) is 7.00. The van der Waals surface area contributed by atoms with E-state index in [9.17, 15) is 33.1 Å². The van der Waals surface area contributed by atoms with Gasteiger partial charge in [0.2, 0.25) is 0 Å². The maximum Gasteiger partial charge on any atom is 0.397 e. The van der Waals surface area contributed by atoms with Crippen LogP contribution in [0, 0.1) is 0 Å². The summed E-state index contributed by atoms with van der Waals surface area (Å²) in [7, 11) is -5.08. The number of aliphatic hydroxyl groups excluding tert-OH is 3. The molecule has 0 aromatic carbocycles. The van der Waals surface area contributed by atoms with Gasteiger partial charge in [-0.3, -0.25) is 9.35 Å². The van der Waals surface area contributed by atoms with Gasteiger partial charge in [0.1, 0.15) is 30.5 Å². The van der Waals surface area contributed by atoms with Crippen molar-refractivity contribution in [3.05, 3.63) is 122 Å². The van der Waals surface area contributed by atoms with Crippen molar-refractivity contribution in [3.63, 3.8) is 0 Å². The van der Waals surface area contributed by atoms with Crippen molar-refractivity contribution in [2.45, 2.75) is 179 Å². The van der Waals surface area contributed by atoms with E-state index < -0.39 is 59.8 Å². The van der Waals surface area contributed by atoms with Crippen molar-refractivity contribution < 1.29 is 56.2 Å². The summed E-state index contributed by atoms with van der Waals surface area (Å²) in [6.07, 6.45) is 52.4. The molecule has 1 aliphatic heterocycles. The lowest BCUT2D eigenvalue weighted by atomic mass is 9.99. The lowest BCUT2D eigenvalue weighted by Gasteiger charge is -2.41. The molecule has 6 unspecified atom stereocenters. The Hall–Kier alpha value is -3.50. The van der Waals surface area contributed by atoms with Gasteiger partial charge in [-0.05, 0) is 103 Å². The zero-order valence-electron chi connectivity index (χ0n) is 39.9. The molecule has 0 amide bonds. The monoisotopic (exact) mass is 945 g/mol. The molecule has 0 spiro atoms. The number of hydrogen-bond acceptors (Lipinski definition) is 11. The highest BCUT2D eigenvalue weighted by Gasteiger charge is 2.48. The predicted octanol–water partition coefficient (Wildman–Crippen LogP) is 11.0. The summed E-state index contributed by atoms with van der Waals surface area (Å²) in [4.78, 5) is 12.8. The summed E-state index contributed by atoms with van der Waals surface area (Å²) in [5.74, 6) is -0.444. The fourth-order valence-electron chi connectivity index (χ4n) is 6.49. The van der Waals surface area contributed by atoms with Crippen LogP contribution in [-0.2, 0) is 38.3 Å². The third-order valence-corrected chi connectivity index (χ3v) is 10.5. The molecule has 6 atom stereocenters. The second kappa shape index (κ2) is 42.8. The van der Waals surface area contributed by atoms with Gasteiger partial charge in [-0.2, -0.15) is 8.42 Å². The van der Waals surface area contributed by atoms with Gasteiger partial charge in [-0.1, -0.05) is 155 Å². The Bertz CT molecular complexity index is 1610. The minimum absolute atomic E-state index is 0.00295. The zero-order chi connectivity index (χ0) is 48.2. The summed E-state index contributed by atoms with van der Waals surface area (Å²) in [5, 5.41) is 30.7. The number of ether oxygens (including phenoxy) is 4. The van der Waals surface area contributed by atoms with E-state index in [2.05, 4.69) is 140 Å². The Morgan fingerprint density at radius 1 is 0.576 bits per heavy atom. The SMILES string of the molecule is CC/C=C\C/C=C\C/C=C\C/C=C\C/C=C\C/C=C\C/C=C\CCCCCCOCC(COC1OC(CO)C(O)C(OS(=O)(=O)O)C1O)OC(=O)CCCCC/C=C\C/C=C\C/C=C\CC. The van der Waals surface area contributed by atoms with Crippen molar-refractivity contribution in [3.8, 4) is 0 Å². The Kier molecular flexibility index (Phi) is 39.3. The second-order valence-corrected chi connectivity index (χ2v) is 17.0. The van der Waals surface area contributed by atoms with E-state index in [0.717, 1.165) is 116 Å². The van der Waals surface area contributed by atoms with Gasteiger partial charge in [-0.25, -0.2) is 4.18 Å². The predicted molar refractivity (Wildman–Crippen MR) is 266 cm³/mol. The average molecular weight is 945 g/mol.